The first-order valence-electron chi connectivity index (χ1n) is 10.4. The van der Waals surface area contributed by atoms with Gasteiger partial charge in [-0.2, -0.15) is 5.10 Å². The maximum Gasteiger partial charge on any atom is 0.162 e. The third-order valence-corrected chi connectivity index (χ3v) is 5.44. The molecule has 0 spiro atoms. The van der Waals surface area contributed by atoms with Gasteiger partial charge in [-0.3, -0.25) is 0 Å². The van der Waals surface area contributed by atoms with Crippen molar-refractivity contribution in [2.24, 2.45) is 7.05 Å². The van der Waals surface area contributed by atoms with E-state index >= 15 is 0 Å². The van der Waals surface area contributed by atoms with Gasteiger partial charge < -0.3 is 15.0 Å². The fraction of sp³-hybridized carbons (Fsp3) is 0.167. The van der Waals surface area contributed by atoms with Crippen LogP contribution in [0.1, 0.15) is 17.1 Å². The molecule has 0 radical (unpaired) electrons. The van der Waals surface area contributed by atoms with Crippen LogP contribution < -0.4 is 5.32 Å². The van der Waals surface area contributed by atoms with Gasteiger partial charge in [0.15, 0.2) is 5.65 Å². The summed E-state index contributed by atoms with van der Waals surface area (Å²) in [7, 11) is 1.89. The lowest BCUT2D eigenvalue weighted by atomic mass is 10.1. The van der Waals surface area contributed by atoms with Gasteiger partial charge >= 0.3 is 0 Å². The summed E-state index contributed by atoms with van der Waals surface area (Å²) in [6.45, 7) is 3.59. The Morgan fingerprint density at radius 2 is 1.82 bits per heavy atom. The first kappa shape index (κ1) is 20.8. The number of aliphatic hydroxyl groups excluding tert-OH is 1. The molecule has 0 bridgehead atoms. The first-order chi connectivity index (χ1) is 15.9. The van der Waals surface area contributed by atoms with Crippen molar-refractivity contribution in [3.63, 3.8) is 0 Å². The molecule has 0 atom stereocenters. The van der Waals surface area contributed by atoms with E-state index in [0.717, 1.165) is 28.3 Å². The highest BCUT2D eigenvalue weighted by atomic mass is 19.1. The zero-order valence-electron chi connectivity index (χ0n) is 18.4. The lowest BCUT2D eigenvalue weighted by Gasteiger charge is -2.12. The summed E-state index contributed by atoms with van der Waals surface area (Å²) >= 11 is 0. The smallest absolute Gasteiger partial charge is 0.162 e. The fourth-order valence-electron chi connectivity index (χ4n) is 3.86. The Balaban J connectivity index is 1.56. The van der Waals surface area contributed by atoms with Crippen LogP contribution in [0.5, 0.6) is 0 Å². The summed E-state index contributed by atoms with van der Waals surface area (Å²) in [4.78, 5) is 13.6. The lowest BCUT2D eigenvalue weighted by Crippen LogP contribution is -2.02. The summed E-state index contributed by atoms with van der Waals surface area (Å²) in [6.07, 6.45) is 1.62. The Kier molecular flexibility index (Phi) is 5.10. The third-order valence-electron chi connectivity index (χ3n) is 5.44. The summed E-state index contributed by atoms with van der Waals surface area (Å²) in [5, 5.41) is 17.7. The van der Waals surface area contributed by atoms with Crippen molar-refractivity contribution in [3.05, 3.63) is 77.8 Å². The molecule has 3 heterocycles. The van der Waals surface area contributed by atoms with Crippen molar-refractivity contribution in [2.45, 2.75) is 20.5 Å². The van der Waals surface area contributed by atoms with E-state index in [1.807, 2.05) is 49.7 Å². The zero-order chi connectivity index (χ0) is 23.1. The van der Waals surface area contributed by atoms with Crippen LogP contribution in [0.3, 0.4) is 0 Å². The summed E-state index contributed by atoms with van der Waals surface area (Å²) in [5.74, 6) is 1.06. The van der Waals surface area contributed by atoms with E-state index in [4.69, 9.17) is 4.98 Å². The first-order valence-corrected chi connectivity index (χ1v) is 10.4. The van der Waals surface area contributed by atoms with Crippen molar-refractivity contribution in [1.82, 2.24) is 29.3 Å². The highest BCUT2D eigenvalue weighted by Gasteiger charge is 2.16. The minimum absolute atomic E-state index is 0.146. The monoisotopic (exact) mass is 443 g/mol. The van der Waals surface area contributed by atoms with E-state index in [-0.39, 0.29) is 12.4 Å². The minimum atomic E-state index is -0.293. The molecular weight excluding hydrogens is 421 g/mol. The number of pyridine rings is 1. The van der Waals surface area contributed by atoms with Gasteiger partial charge in [-0.1, -0.05) is 0 Å². The largest absolute Gasteiger partial charge is 0.392 e. The van der Waals surface area contributed by atoms with E-state index in [0.29, 0.717) is 28.4 Å². The van der Waals surface area contributed by atoms with Gasteiger partial charge in [0.1, 0.15) is 29.3 Å². The van der Waals surface area contributed by atoms with Crippen molar-refractivity contribution < 1.29 is 9.50 Å². The molecule has 0 saturated carbocycles. The van der Waals surface area contributed by atoms with E-state index in [9.17, 15) is 9.50 Å². The summed E-state index contributed by atoms with van der Waals surface area (Å²) < 4.78 is 16.9. The Morgan fingerprint density at radius 3 is 2.52 bits per heavy atom. The second kappa shape index (κ2) is 8.10. The molecule has 2 aromatic carbocycles. The van der Waals surface area contributed by atoms with Crippen LogP contribution in [0.2, 0.25) is 0 Å². The number of nitrogens with one attached hydrogen (secondary N) is 1. The predicted molar refractivity (Wildman–Crippen MR) is 124 cm³/mol. The SMILES string of the molecule is Cc1cc(Nc2ccc(-n3cnc(C)n3)c(CO)c2)c2nc(-c3ccc(F)cc3)n(C)c2n1. The van der Waals surface area contributed by atoms with Crippen molar-refractivity contribution in [3.8, 4) is 17.1 Å². The number of imidazole rings is 1. The van der Waals surface area contributed by atoms with Crippen LogP contribution in [0.15, 0.2) is 54.9 Å². The number of hydrogen-bond donors (Lipinski definition) is 2. The van der Waals surface area contributed by atoms with Gasteiger partial charge in [0, 0.05) is 29.6 Å². The van der Waals surface area contributed by atoms with Crippen LogP contribution in [0, 0.1) is 19.7 Å². The van der Waals surface area contributed by atoms with Crippen LogP contribution in [0.4, 0.5) is 15.8 Å². The topological polar surface area (TPSA) is 93.7 Å². The minimum Gasteiger partial charge on any atom is -0.392 e. The molecule has 3 aromatic heterocycles. The molecule has 166 valence electrons. The van der Waals surface area contributed by atoms with Gasteiger partial charge in [-0.25, -0.2) is 24.0 Å². The quantitative estimate of drug-likeness (QED) is 0.423. The maximum absolute atomic E-state index is 13.4. The predicted octanol–water partition coefficient (Wildman–Crippen LogP) is 4.21. The summed E-state index contributed by atoms with van der Waals surface area (Å²) in [5.41, 5.74) is 6.09. The number of halogens is 1. The van der Waals surface area contributed by atoms with E-state index in [1.165, 1.54) is 12.1 Å². The van der Waals surface area contributed by atoms with Crippen LogP contribution in [-0.2, 0) is 13.7 Å². The van der Waals surface area contributed by atoms with Gasteiger partial charge in [0.2, 0.25) is 0 Å². The number of fused-ring (bicyclic) bond motifs is 1. The number of aromatic nitrogens is 6. The Hall–Kier alpha value is -4.11. The van der Waals surface area contributed by atoms with Crippen LogP contribution >= 0.6 is 0 Å². The lowest BCUT2D eigenvalue weighted by molar-refractivity contribution is 0.281. The molecule has 0 fully saturated rings. The Labute approximate surface area is 189 Å². The molecule has 0 aliphatic carbocycles. The molecule has 9 heteroatoms. The number of anilines is 2. The van der Waals surface area contributed by atoms with E-state index in [1.54, 1.807) is 23.1 Å². The van der Waals surface area contributed by atoms with Gasteiger partial charge in [0.05, 0.1) is 18.0 Å². The van der Waals surface area contributed by atoms with Crippen molar-refractivity contribution in [2.75, 3.05) is 5.32 Å². The molecule has 0 saturated heterocycles. The van der Waals surface area contributed by atoms with Crippen molar-refractivity contribution in [1.29, 1.82) is 0 Å². The molecule has 5 rings (SSSR count). The van der Waals surface area contributed by atoms with Crippen LogP contribution in [0.25, 0.3) is 28.2 Å². The molecular formula is C24H22FN7O. The molecule has 0 amide bonds. The third kappa shape index (κ3) is 3.83. The normalized spacial score (nSPS) is 11.3. The van der Waals surface area contributed by atoms with E-state index in [2.05, 4.69) is 20.4 Å². The molecule has 0 unspecified atom stereocenters. The Morgan fingerprint density at radius 1 is 1.03 bits per heavy atom. The number of hydrogen-bond acceptors (Lipinski definition) is 6. The van der Waals surface area contributed by atoms with Gasteiger partial charge in [-0.15, -0.1) is 0 Å². The average molecular weight is 443 g/mol. The second-order valence-electron chi connectivity index (χ2n) is 7.85. The fourth-order valence-corrected chi connectivity index (χ4v) is 3.86. The highest BCUT2D eigenvalue weighted by molar-refractivity contribution is 5.91. The van der Waals surface area contributed by atoms with Gasteiger partial charge in [-0.05, 0) is 62.4 Å². The zero-order valence-corrected chi connectivity index (χ0v) is 18.4. The summed E-state index contributed by atoms with van der Waals surface area (Å²) in [6, 6.07) is 13.8. The average Bonchev–Trinajstić information content (AvgIpc) is 3.38. The van der Waals surface area contributed by atoms with Gasteiger partial charge in [0.25, 0.3) is 0 Å². The maximum atomic E-state index is 13.4. The Bertz CT molecular complexity index is 1470. The molecule has 8 nitrogen and oxygen atoms in total. The molecule has 33 heavy (non-hydrogen) atoms. The molecule has 2 N–H and O–H groups in total. The molecule has 5 aromatic rings. The number of benzene rings is 2. The number of nitrogens with zero attached hydrogens (tertiary/aromatic N) is 6. The number of aryl methyl sites for hydroxylation is 3. The molecule has 0 aliphatic rings. The number of aliphatic hydroxyl groups is 1. The second-order valence-corrected chi connectivity index (χ2v) is 7.85. The molecule has 0 aliphatic heterocycles. The van der Waals surface area contributed by atoms with Crippen LogP contribution in [-0.4, -0.2) is 34.4 Å². The highest BCUT2D eigenvalue weighted by Crippen LogP contribution is 2.31. The van der Waals surface area contributed by atoms with Crippen molar-refractivity contribution >= 4 is 22.5 Å². The standard InChI is InChI=1S/C24H22FN7O/c1-14-10-20(22-24(27-14)31(3)23(29-22)16-4-6-18(25)7-5-16)28-19-8-9-21(17(11-19)12-33)32-13-26-15(2)30-32/h4-11,13,33H,12H2,1-3H3,(H,27,28). The van der Waals surface area contributed by atoms with E-state index < -0.39 is 0 Å². The number of rotatable bonds is 5.